The van der Waals surface area contributed by atoms with Gasteiger partial charge >= 0.3 is 0 Å². The standard InChI is InChI=1S/C6H14N2O4/c9-7(10)5-1-2-6(4-3-5)8(11)12/h5-6,9-12H,1-4H2. The van der Waals surface area contributed by atoms with E-state index in [1.807, 2.05) is 0 Å². The van der Waals surface area contributed by atoms with Gasteiger partial charge in [0.25, 0.3) is 0 Å². The number of nitrogens with zero attached hydrogens (tertiary/aromatic N) is 2. The summed E-state index contributed by atoms with van der Waals surface area (Å²) in [4.78, 5) is 0. The number of hydrogen-bond donors (Lipinski definition) is 4. The quantitative estimate of drug-likeness (QED) is 0.459. The normalized spacial score (nSPS) is 31.5. The molecule has 1 rings (SSSR count). The van der Waals surface area contributed by atoms with E-state index in [1.165, 1.54) is 0 Å². The largest absolute Gasteiger partial charge is 0.289 e. The summed E-state index contributed by atoms with van der Waals surface area (Å²) in [6.07, 6.45) is 2.20. The minimum absolute atomic E-state index is 0.204. The van der Waals surface area contributed by atoms with Crippen LogP contribution in [-0.2, 0) is 0 Å². The summed E-state index contributed by atoms with van der Waals surface area (Å²) in [7, 11) is 0. The summed E-state index contributed by atoms with van der Waals surface area (Å²) in [5, 5.41) is 35.0. The van der Waals surface area contributed by atoms with Crippen molar-refractivity contribution in [3.05, 3.63) is 0 Å². The minimum atomic E-state index is -0.277. The fraction of sp³-hybridized carbons (Fsp3) is 1.00. The third-order valence-electron chi connectivity index (χ3n) is 2.32. The van der Waals surface area contributed by atoms with Crippen LogP contribution in [-0.4, -0.2) is 43.4 Å². The maximum absolute atomic E-state index is 8.65. The van der Waals surface area contributed by atoms with Gasteiger partial charge in [0, 0.05) is 0 Å². The van der Waals surface area contributed by atoms with Crippen molar-refractivity contribution in [3.8, 4) is 0 Å². The van der Waals surface area contributed by atoms with Crippen LogP contribution < -0.4 is 0 Å². The molecular weight excluding hydrogens is 164 g/mol. The van der Waals surface area contributed by atoms with Crippen molar-refractivity contribution in [1.82, 2.24) is 10.5 Å². The molecule has 0 amide bonds. The molecule has 0 atom stereocenters. The van der Waals surface area contributed by atoms with Crippen molar-refractivity contribution in [2.75, 3.05) is 0 Å². The van der Waals surface area contributed by atoms with Crippen LogP contribution in [0.2, 0.25) is 0 Å². The molecule has 0 spiro atoms. The van der Waals surface area contributed by atoms with Gasteiger partial charge in [-0.1, -0.05) is 10.5 Å². The van der Waals surface area contributed by atoms with E-state index in [-0.39, 0.29) is 22.5 Å². The summed E-state index contributed by atoms with van der Waals surface area (Å²) in [6, 6.07) is -0.553. The number of rotatable bonds is 2. The third kappa shape index (κ3) is 2.37. The van der Waals surface area contributed by atoms with Crippen LogP contribution in [0.25, 0.3) is 0 Å². The van der Waals surface area contributed by atoms with E-state index in [4.69, 9.17) is 20.8 Å². The lowest BCUT2D eigenvalue weighted by molar-refractivity contribution is -0.354. The molecule has 12 heavy (non-hydrogen) atoms. The molecule has 0 radical (unpaired) electrons. The van der Waals surface area contributed by atoms with E-state index >= 15 is 0 Å². The van der Waals surface area contributed by atoms with Crippen LogP contribution in [0, 0.1) is 0 Å². The maximum atomic E-state index is 8.65. The third-order valence-corrected chi connectivity index (χ3v) is 2.32. The molecule has 0 aromatic carbocycles. The minimum Gasteiger partial charge on any atom is -0.289 e. The molecular formula is C6H14N2O4. The molecule has 0 aromatic rings. The second-order valence-electron chi connectivity index (χ2n) is 3.10. The lowest BCUT2D eigenvalue weighted by atomic mass is 9.92. The Hall–Kier alpha value is -0.240. The molecule has 1 aliphatic rings. The molecule has 6 nitrogen and oxygen atoms in total. The Balaban J connectivity index is 2.30. The SMILES string of the molecule is ON(O)C1CCC(N(O)O)CC1. The first-order chi connectivity index (χ1) is 5.61. The van der Waals surface area contributed by atoms with Crippen molar-refractivity contribution in [2.24, 2.45) is 0 Å². The Kier molecular flexibility index (Phi) is 3.39. The summed E-state index contributed by atoms with van der Waals surface area (Å²) in [6.45, 7) is 0. The molecule has 72 valence electrons. The van der Waals surface area contributed by atoms with Gasteiger partial charge in [-0.15, -0.1) is 0 Å². The Morgan fingerprint density at radius 2 is 0.917 bits per heavy atom. The fourth-order valence-electron chi connectivity index (χ4n) is 1.52. The van der Waals surface area contributed by atoms with Crippen molar-refractivity contribution in [3.63, 3.8) is 0 Å². The lowest BCUT2D eigenvalue weighted by Crippen LogP contribution is -2.39. The van der Waals surface area contributed by atoms with Crippen LogP contribution in [0.5, 0.6) is 0 Å². The average molecular weight is 178 g/mol. The second kappa shape index (κ2) is 4.13. The highest BCUT2D eigenvalue weighted by Crippen LogP contribution is 2.23. The summed E-state index contributed by atoms with van der Waals surface area (Å²) in [5.41, 5.74) is 0. The molecule has 0 aromatic heterocycles. The van der Waals surface area contributed by atoms with E-state index in [0.29, 0.717) is 25.7 Å². The zero-order chi connectivity index (χ0) is 9.14. The van der Waals surface area contributed by atoms with Gasteiger partial charge in [-0.05, 0) is 25.7 Å². The first kappa shape index (κ1) is 9.85. The Bertz CT molecular complexity index is 118. The van der Waals surface area contributed by atoms with Gasteiger partial charge in [-0.25, -0.2) is 0 Å². The topological polar surface area (TPSA) is 87.4 Å². The number of hydroxylamine groups is 4. The summed E-state index contributed by atoms with van der Waals surface area (Å²) >= 11 is 0. The molecule has 1 saturated carbocycles. The Morgan fingerprint density at radius 1 is 0.667 bits per heavy atom. The van der Waals surface area contributed by atoms with E-state index < -0.39 is 0 Å². The molecule has 0 bridgehead atoms. The monoisotopic (exact) mass is 178 g/mol. The van der Waals surface area contributed by atoms with Gasteiger partial charge < -0.3 is 0 Å². The molecule has 0 unspecified atom stereocenters. The molecule has 4 N–H and O–H groups in total. The molecule has 1 fully saturated rings. The summed E-state index contributed by atoms with van der Waals surface area (Å²) < 4.78 is 0. The smallest absolute Gasteiger partial charge is 0.0625 e. The zero-order valence-electron chi connectivity index (χ0n) is 6.67. The molecule has 0 aliphatic heterocycles. The first-order valence-electron chi connectivity index (χ1n) is 3.95. The summed E-state index contributed by atoms with van der Waals surface area (Å²) in [5.74, 6) is 0. The van der Waals surface area contributed by atoms with Gasteiger partial charge in [0.05, 0.1) is 12.1 Å². The van der Waals surface area contributed by atoms with Gasteiger partial charge in [0.15, 0.2) is 0 Å². The first-order valence-corrected chi connectivity index (χ1v) is 3.95. The highest BCUT2D eigenvalue weighted by molar-refractivity contribution is 4.76. The zero-order valence-corrected chi connectivity index (χ0v) is 6.67. The maximum Gasteiger partial charge on any atom is 0.0625 e. The van der Waals surface area contributed by atoms with E-state index in [2.05, 4.69) is 0 Å². The van der Waals surface area contributed by atoms with E-state index in [1.54, 1.807) is 0 Å². The van der Waals surface area contributed by atoms with Gasteiger partial charge in [-0.2, -0.15) is 0 Å². The van der Waals surface area contributed by atoms with Crippen LogP contribution in [0.3, 0.4) is 0 Å². The van der Waals surface area contributed by atoms with Crippen molar-refractivity contribution < 1.29 is 20.8 Å². The molecule has 1 aliphatic carbocycles. The Morgan fingerprint density at radius 3 is 1.08 bits per heavy atom. The van der Waals surface area contributed by atoms with Gasteiger partial charge in [0.1, 0.15) is 0 Å². The highest BCUT2D eigenvalue weighted by atomic mass is 16.8. The van der Waals surface area contributed by atoms with E-state index in [0.717, 1.165) is 0 Å². The predicted molar refractivity (Wildman–Crippen MR) is 36.9 cm³/mol. The number of hydrogen-bond acceptors (Lipinski definition) is 6. The molecule has 6 heteroatoms. The van der Waals surface area contributed by atoms with Crippen LogP contribution in [0.1, 0.15) is 25.7 Å². The van der Waals surface area contributed by atoms with Crippen molar-refractivity contribution in [2.45, 2.75) is 37.8 Å². The molecule has 0 heterocycles. The van der Waals surface area contributed by atoms with E-state index in [9.17, 15) is 0 Å². The average Bonchev–Trinajstić information content (AvgIpc) is 2.04. The molecule has 0 saturated heterocycles. The second-order valence-corrected chi connectivity index (χ2v) is 3.10. The predicted octanol–water partition coefficient (Wildman–Crippen LogP) is 0.458. The van der Waals surface area contributed by atoms with Crippen molar-refractivity contribution in [1.29, 1.82) is 0 Å². The van der Waals surface area contributed by atoms with Gasteiger partial charge in [-0.3, -0.25) is 20.8 Å². The highest BCUT2D eigenvalue weighted by Gasteiger charge is 2.27. The van der Waals surface area contributed by atoms with Gasteiger partial charge in [0.2, 0.25) is 0 Å². The lowest BCUT2D eigenvalue weighted by Gasteiger charge is -2.31. The van der Waals surface area contributed by atoms with Crippen LogP contribution in [0.15, 0.2) is 0 Å². The Labute approximate surface area is 70.1 Å². The van der Waals surface area contributed by atoms with Crippen LogP contribution >= 0.6 is 0 Å². The van der Waals surface area contributed by atoms with Crippen molar-refractivity contribution >= 4 is 0 Å². The van der Waals surface area contributed by atoms with Crippen LogP contribution in [0.4, 0.5) is 0 Å². The fourth-order valence-corrected chi connectivity index (χ4v) is 1.52.